The van der Waals surface area contributed by atoms with E-state index in [4.69, 9.17) is 29.6 Å². The Balaban J connectivity index is 2.29. The number of aryl methyl sites for hydroxylation is 1. The molecule has 1 heterocycles. The number of nitrogens with two attached hydrogens (primary N) is 1. The van der Waals surface area contributed by atoms with Crippen LogP contribution in [0.4, 0.5) is 0 Å². The predicted molar refractivity (Wildman–Crippen MR) is 90.4 cm³/mol. The summed E-state index contributed by atoms with van der Waals surface area (Å²) < 4.78 is 27.3. The molecule has 1 aromatic carbocycles. The highest BCUT2D eigenvalue weighted by atomic mass is 35.5. The number of hydrogen-bond acceptors (Lipinski definition) is 4. The summed E-state index contributed by atoms with van der Waals surface area (Å²) >= 11 is 12.4. The Bertz CT molecular complexity index is 784. The van der Waals surface area contributed by atoms with Gasteiger partial charge in [-0.15, -0.1) is 0 Å². The fourth-order valence-corrected chi connectivity index (χ4v) is 4.20. The summed E-state index contributed by atoms with van der Waals surface area (Å²) in [5, 5.41) is 4.00. The Morgan fingerprint density at radius 3 is 2.71 bits per heavy atom. The lowest BCUT2D eigenvalue weighted by atomic mass is 10.2. The zero-order valence-corrected chi connectivity index (χ0v) is 14.3. The molecule has 0 amide bonds. The van der Waals surface area contributed by atoms with Crippen molar-refractivity contribution in [1.29, 1.82) is 0 Å². The van der Waals surface area contributed by atoms with Crippen LogP contribution in [0.15, 0.2) is 33.9 Å². The fraction of sp³-hybridized carbons (Fsp3) is 0.154. The van der Waals surface area contributed by atoms with E-state index >= 15 is 0 Å². The first-order valence-electron chi connectivity index (χ1n) is 5.92. The molecule has 0 aliphatic heterocycles. The van der Waals surface area contributed by atoms with Crippen LogP contribution in [-0.2, 0) is 16.6 Å². The van der Waals surface area contributed by atoms with Crippen molar-refractivity contribution in [3.63, 3.8) is 0 Å². The lowest BCUT2D eigenvalue weighted by Crippen LogP contribution is -2.24. The molecule has 0 fully saturated rings. The van der Waals surface area contributed by atoms with Crippen molar-refractivity contribution in [2.45, 2.75) is 18.4 Å². The van der Waals surface area contributed by atoms with Crippen LogP contribution in [0, 0.1) is 6.92 Å². The van der Waals surface area contributed by atoms with Gasteiger partial charge < -0.3 is 5.73 Å². The van der Waals surface area contributed by atoms with Crippen LogP contribution in [0.5, 0.6) is 0 Å². The van der Waals surface area contributed by atoms with Gasteiger partial charge in [-0.2, -0.15) is 11.3 Å². The molecule has 1 aromatic heterocycles. The Hall–Kier alpha value is -0.990. The number of nitrogens with one attached hydrogen (secondary N) is 1. The molecule has 112 valence electrons. The lowest BCUT2D eigenvalue weighted by Gasteiger charge is -2.10. The molecular weight excluding hydrogens is 348 g/mol. The quantitative estimate of drug-likeness (QED) is 0.804. The van der Waals surface area contributed by atoms with E-state index in [0.29, 0.717) is 5.56 Å². The van der Waals surface area contributed by atoms with Gasteiger partial charge in [-0.25, -0.2) is 13.1 Å². The molecule has 0 saturated heterocycles. The van der Waals surface area contributed by atoms with Gasteiger partial charge in [0.1, 0.15) is 9.88 Å². The van der Waals surface area contributed by atoms with E-state index in [1.165, 1.54) is 23.5 Å². The number of benzene rings is 1. The summed E-state index contributed by atoms with van der Waals surface area (Å²) in [6.07, 6.45) is 0. The molecule has 2 aromatic rings. The number of hydrogen-bond donors (Lipinski definition) is 2. The number of thiophene rings is 1. The molecule has 0 saturated carbocycles. The molecule has 0 radical (unpaired) electrons. The van der Waals surface area contributed by atoms with Gasteiger partial charge >= 0.3 is 0 Å². The second kappa shape index (κ2) is 6.41. The van der Waals surface area contributed by atoms with E-state index in [1.807, 2.05) is 17.7 Å². The minimum atomic E-state index is -3.73. The van der Waals surface area contributed by atoms with Gasteiger partial charge in [-0.3, -0.25) is 0 Å². The monoisotopic (exact) mass is 360 g/mol. The lowest BCUT2D eigenvalue weighted by molar-refractivity contribution is 0.581. The molecule has 0 aliphatic rings. The van der Waals surface area contributed by atoms with Crippen LogP contribution in [0.25, 0.3) is 0 Å². The summed E-state index contributed by atoms with van der Waals surface area (Å²) in [6, 6.07) is 4.45. The van der Waals surface area contributed by atoms with Crippen LogP contribution in [0.2, 0.25) is 5.02 Å². The first-order chi connectivity index (χ1) is 9.81. The average Bonchev–Trinajstić information content (AvgIpc) is 2.82. The molecule has 21 heavy (non-hydrogen) atoms. The summed E-state index contributed by atoms with van der Waals surface area (Å²) in [6.45, 7) is 2.14. The Morgan fingerprint density at radius 1 is 1.43 bits per heavy atom. The highest BCUT2D eigenvalue weighted by Gasteiger charge is 2.19. The molecule has 2 rings (SSSR count). The molecule has 0 aliphatic carbocycles. The maximum atomic E-state index is 12.4. The van der Waals surface area contributed by atoms with Gasteiger partial charge in [0, 0.05) is 12.1 Å². The number of sulfonamides is 1. The van der Waals surface area contributed by atoms with Crippen LogP contribution in [0.3, 0.4) is 0 Å². The Morgan fingerprint density at radius 2 is 2.14 bits per heavy atom. The largest absolute Gasteiger partial charge is 0.389 e. The van der Waals surface area contributed by atoms with Crippen molar-refractivity contribution in [2.24, 2.45) is 5.73 Å². The molecule has 0 bridgehead atoms. The average molecular weight is 361 g/mol. The molecule has 4 nitrogen and oxygen atoms in total. The molecular formula is C13H13ClN2O2S3. The van der Waals surface area contributed by atoms with Crippen molar-refractivity contribution in [1.82, 2.24) is 4.72 Å². The van der Waals surface area contributed by atoms with Gasteiger partial charge in [-0.1, -0.05) is 29.9 Å². The van der Waals surface area contributed by atoms with Crippen LogP contribution in [0.1, 0.15) is 16.7 Å². The topological polar surface area (TPSA) is 72.2 Å². The normalized spacial score (nSPS) is 11.5. The molecule has 0 unspecified atom stereocenters. The third-order valence-electron chi connectivity index (χ3n) is 2.92. The molecule has 8 heteroatoms. The first-order valence-corrected chi connectivity index (χ1v) is 9.13. The van der Waals surface area contributed by atoms with Crippen molar-refractivity contribution < 1.29 is 8.42 Å². The maximum Gasteiger partial charge on any atom is 0.242 e. The summed E-state index contributed by atoms with van der Waals surface area (Å²) in [5.74, 6) is 0. The third kappa shape index (κ3) is 3.81. The second-order valence-corrected chi connectivity index (χ2v) is 7.74. The minimum absolute atomic E-state index is 0.0256. The van der Waals surface area contributed by atoms with Gasteiger partial charge in [0.2, 0.25) is 10.0 Å². The van der Waals surface area contributed by atoms with Gasteiger partial charge in [0.25, 0.3) is 0 Å². The van der Waals surface area contributed by atoms with Gasteiger partial charge in [0.15, 0.2) is 0 Å². The molecule has 0 atom stereocenters. The van der Waals surface area contributed by atoms with Crippen molar-refractivity contribution in [2.75, 3.05) is 0 Å². The SMILES string of the molecule is Cc1cscc1CNS(=O)(=O)c1cc(C(N)=S)ccc1Cl. The second-order valence-electron chi connectivity index (χ2n) is 4.41. The van der Waals surface area contributed by atoms with E-state index in [9.17, 15) is 8.42 Å². The van der Waals surface area contributed by atoms with Crippen LogP contribution < -0.4 is 10.5 Å². The standard InChI is InChI=1S/C13H13ClN2O2S3/c1-8-6-20-7-10(8)5-16-21(17,18)12-4-9(13(15)19)2-3-11(12)14/h2-4,6-7,16H,5H2,1H3,(H2,15,19). The first kappa shape index (κ1) is 16.4. The van der Waals surface area contributed by atoms with E-state index < -0.39 is 10.0 Å². The summed E-state index contributed by atoms with van der Waals surface area (Å²) in [4.78, 5) is 0.0964. The number of thiocarbonyl (C=S) groups is 1. The minimum Gasteiger partial charge on any atom is -0.389 e. The third-order valence-corrected chi connectivity index (χ3v) is 5.95. The highest BCUT2D eigenvalue weighted by Crippen LogP contribution is 2.23. The number of halogens is 1. The Kier molecular flexibility index (Phi) is 5.00. The van der Waals surface area contributed by atoms with Crippen molar-refractivity contribution >= 4 is 50.2 Å². The summed E-state index contributed by atoms with van der Waals surface area (Å²) in [5.41, 5.74) is 7.96. The van der Waals surface area contributed by atoms with Gasteiger partial charge in [0.05, 0.1) is 5.02 Å². The van der Waals surface area contributed by atoms with Crippen molar-refractivity contribution in [3.05, 3.63) is 50.7 Å². The highest BCUT2D eigenvalue weighted by molar-refractivity contribution is 7.89. The summed E-state index contributed by atoms with van der Waals surface area (Å²) in [7, 11) is -3.73. The zero-order chi connectivity index (χ0) is 15.6. The van der Waals surface area contributed by atoms with E-state index in [2.05, 4.69) is 4.72 Å². The Labute approximate surface area is 138 Å². The van der Waals surface area contributed by atoms with Crippen LogP contribution >= 0.6 is 35.2 Å². The molecule has 0 spiro atoms. The smallest absolute Gasteiger partial charge is 0.242 e. The maximum absolute atomic E-state index is 12.4. The van der Waals surface area contributed by atoms with E-state index in [0.717, 1.165) is 11.1 Å². The van der Waals surface area contributed by atoms with E-state index in [-0.39, 0.29) is 21.5 Å². The van der Waals surface area contributed by atoms with E-state index in [1.54, 1.807) is 6.07 Å². The number of rotatable bonds is 5. The molecule has 3 N–H and O–H groups in total. The predicted octanol–water partition coefficient (Wildman–Crippen LogP) is 2.82. The zero-order valence-electron chi connectivity index (χ0n) is 11.1. The van der Waals surface area contributed by atoms with Crippen LogP contribution in [-0.4, -0.2) is 13.4 Å². The van der Waals surface area contributed by atoms with Gasteiger partial charge in [-0.05, 0) is 40.9 Å². The van der Waals surface area contributed by atoms with Crippen molar-refractivity contribution in [3.8, 4) is 0 Å². The fourth-order valence-electron chi connectivity index (χ4n) is 1.68.